The van der Waals surface area contributed by atoms with Gasteiger partial charge >= 0.3 is 18.2 Å². The van der Waals surface area contributed by atoms with Crippen LogP contribution in [0.2, 0.25) is 0 Å². The maximum Gasteiger partial charge on any atom is 0.437 e. The number of nitrogens with one attached hydrogen (secondary N) is 1. The van der Waals surface area contributed by atoms with E-state index in [1.807, 2.05) is 6.07 Å². The standard InChI is InChI=1S/C25H38N6O7/c1-23(2,3)36-20(32)26-19(27-21(33)37-24(4,5)6)29(7)11-8-15-12-16(28-38-15)17-13-25(9-10-25)18-14-30(17)22(34)31(18)35/h12,17-18,35H,8-11,13-14H2,1-7H3,(H,26,27,32,33)/t17-,18+/m0/s1. The van der Waals surface area contributed by atoms with Crippen molar-refractivity contribution in [2.45, 2.75) is 90.5 Å². The number of hydroxylamine groups is 2. The first kappa shape index (κ1) is 27.7. The van der Waals surface area contributed by atoms with Crippen LogP contribution in [0, 0.1) is 5.41 Å². The Morgan fingerprint density at radius 3 is 2.50 bits per heavy atom. The molecule has 3 aliphatic rings. The lowest BCUT2D eigenvalue weighted by Gasteiger charge is -2.35. The number of likely N-dealkylation sites (N-methyl/N-ethyl adjacent to an activating group) is 1. The lowest BCUT2D eigenvalue weighted by atomic mass is 9.84. The van der Waals surface area contributed by atoms with Gasteiger partial charge in [-0.15, -0.1) is 4.99 Å². The largest absolute Gasteiger partial charge is 0.444 e. The van der Waals surface area contributed by atoms with Crippen LogP contribution in [0.1, 0.15) is 78.3 Å². The van der Waals surface area contributed by atoms with E-state index < -0.39 is 29.4 Å². The fourth-order valence-electron chi connectivity index (χ4n) is 4.88. The molecule has 4 amide bonds. The van der Waals surface area contributed by atoms with Crippen molar-refractivity contribution in [3.05, 3.63) is 17.5 Å². The number of carbonyl (C=O) groups is 3. The molecule has 0 unspecified atom stereocenters. The highest BCUT2D eigenvalue weighted by Crippen LogP contribution is 2.61. The van der Waals surface area contributed by atoms with Gasteiger partial charge in [-0.05, 0) is 66.2 Å². The molecule has 0 radical (unpaired) electrons. The van der Waals surface area contributed by atoms with E-state index in [4.69, 9.17) is 14.0 Å². The van der Waals surface area contributed by atoms with Crippen molar-refractivity contribution in [1.82, 2.24) is 25.3 Å². The third-order valence-corrected chi connectivity index (χ3v) is 6.86. The Bertz CT molecular complexity index is 1110. The lowest BCUT2D eigenvalue weighted by molar-refractivity contribution is -0.0782. The predicted octanol–water partition coefficient (Wildman–Crippen LogP) is 3.69. The smallest absolute Gasteiger partial charge is 0.437 e. The van der Waals surface area contributed by atoms with E-state index in [-0.39, 0.29) is 23.5 Å². The minimum absolute atomic E-state index is 0.0343. The van der Waals surface area contributed by atoms with Crippen molar-refractivity contribution in [2.75, 3.05) is 20.1 Å². The third kappa shape index (κ3) is 6.20. The third-order valence-electron chi connectivity index (χ3n) is 6.86. The molecule has 1 spiro atoms. The number of urea groups is 1. The lowest BCUT2D eigenvalue weighted by Crippen LogP contribution is -2.45. The predicted molar refractivity (Wildman–Crippen MR) is 134 cm³/mol. The van der Waals surface area contributed by atoms with Crippen molar-refractivity contribution in [3.8, 4) is 0 Å². The highest BCUT2D eigenvalue weighted by molar-refractivity contribution is 5.98. The van der Waals surface area contributed by atoms with Crippen LogP contribution >= 0.6 is 0 Å². The van der Waals surface area contributed by atoms with Crippen LogP contribution in [0.25, 0.3) is 0 Å². The first-order valence-electron chi connectivity index (χ1n) is 12.8. The quantitative estimate of drug-likeness (QED) is 0.335. The van der Waals surface area contributed by atoms with Gasteiger partial charge < -0.3 is 23.8 Å². The Morgan fingerprint density at radius 1 is 1.24 bits per heavy atom. The van der Waals surface area contributed by atoms with Crippen molar-refractivity contribution in [2.24, 2.45) is 10.4 Å². The van der Waals surface area contributed by atoms with Crippen LogP contribution in [0.3, 0.4) is 0 Å². The molecule has 1 aromatic heterocycles. The summed E-state index contributed by atoms with van der Waals surface area (Å²) in [5.41, 5.74) is -0.904. The number of alkyl carbamates (subject to hydrolysis) is 1. The van der Waals surface area contributed by atoms with Crippen LogP contribution in [-0.2, 0) is 15.9 Å². The van der Waals surface area contributed by atoms with E-state index >= 15 is 0 Å². The Balaban J connectivity index is 1.42. The molecule has 1 aliphatic carbocycles. The van der Waals surface area contributed by atoms with Gasteiger partial charge in [-0.2, -0.15) is 0 Å². The van der Waals surface area contributed by atoms with E-state index in [0.29, 0.717) is 31.0 Å². The number of ether oxygens (including phenoxy) is 2. The second-order valence-electron chi connectivity index (χ2n) is 12.3. The molecule has 2 bridgehead atoms. The summed E-state index contributed by atoms with van der Waals surface area (Å²) in [6.45, 7) is 11.1. The summed E-state index contributed by atoms with van der Waals surface area (Å²) in [5, 5.41) is 17.9. The van der Waals surface area contributed by atoms with Crippen LogP contribution in [0.4, 0.5) is 14.4 Å². The van der Waals surface area contributed by atoms with E-state index in [1.54, 1.807) is 58.4 Å². The number of nitrogens with zero attached hydrogens (tertiary/aromatic N) is 5. The minimum Gasteiger partial charge on any atom is -0.444 e. The summed E-state index contributed by atoms with van der Waals surface area (Å²) >= 11 is 0. The Hall–Kier alpha value is -3.35. The van der Waals surface area contributed by atoms with Gasteiger partial charge in [0.2, 0.25) is 5.96 Å². The molecule has 38 heavy (non-hydrogen) atoms. The molecule has 1 aromatic rings. The summed E-state index contributed by atoms with van der Waals surface area (Å²) in [6.07, 6.45) is 1.46. The summed E-state index contributed by atoms with van der Waals surface area (Å²) in [5.74, 6) is 0.535. The molecule has 4 rings (SSSR count). The zero-order chi connectivity index (χ0) is 28.0. The van der Waals surface area contributed by atoms with Gasteiger partial charge in [-0.3, -0.25) is 10.5 Å². The van der Waals surface area contributed by atoms with Gasteiger partial charge in [-0.1, -0.05) is 5.16 Å². The number of guanidine groups is 1. The number of aromatic nitrogens is 1. The van der Waals surface area contributed by atoms with Gasteiger partial charge in [-0.25, -0.2) is 19.4 Å². The molecule has 2 aliphatic heterocycles. The number of fused-ring (bicyclic) bond motifs is 3. The van der Waals surface area contributed by atoms with Gasteiger partial charge in [0.05, 0.1) is 12.1 Å². The van der Waals surface area contributed by atoms with Gasteiger partial charge in [0.1, 0.15) is 22.7 Å². The molecule has 2 saturated heterocycles. The van der Waals surface area contributed by atoms with Crippen LogP contribution in [0.5, 0.6) is 0 Å². The first-order valence-corrected chi connectivity index (χ1v) is 12.8. The van der Waals surface area contributed by atoms with Crippen molar-refractivity contribution in [3.63, 3.8) is 0 Å². The van der Waals surface area contributed by atoms with E-state index in [0.717, 1.165) is 24.3 Å². The zero-order valence-electron chi connectivity index (χ0n) is 23.1. The monoisotopic (exact) mass is 534 g/mol. The number of aliphatic imine (C=N–C) groups is 1. The molecule has 0 aromatic carbocycles. The van der Waals surface area contributed by atoms with Gasteiger partial charge in [0, 0.05) is 32.6 Å². The molecular formula is C25H38N6O7. The molecule has 3 fully saturated rings. The molecule has 3 heterocycles. The Morgan fingerprint density at radius 2 is 1.89 bits per heavy atom. The first-order chi connectivity index (χ1) is 17.6. The van der Waals surface area contributed by atoms with Crippen molar-refractivity contribution in [1.29, 1.82) is 0 Å². The maximum absolute atomic E-state index is 12.6. The molecule has 13 heteroatoms. The number of rotatable bonds is 4. The second-order valence-corrected chi connectivity index (χ2v) is 12.3. The van der Waals surface area contributed by atoms with Crippen molar-refractivity contribution >= 4 is 24.2 Å². The summed E-state index contributed by atoms with van der Waals surface area (Å²) in [6, 6.07) is 0.997. The molecule has 210 valence electrons. The molecule has 13 nitrogen and oxygen atoms in total. The fourth-order valence-corrected chi connectivity index (χ4v) is 4.88. The highest BCUT2D eigenvalue weighted by atomic mass is 16.6. The summed E-state index contributed by atoms with van der Waals surface area (Å²) < 4.78 is 16.1. The molecule has 2 N–H and O–H groups in total. The average Bonchev–Trinajstić information content (AvgIpc) is 3.28. The van der Waals surface area contributed by atoms with E-state index in [2.05, 4.69) is 15.5 Å². The Labute approximate surface area is 222 Å². The SMILES string of the molecule is CN(CCc1cc([C@@H]2CC3(CC3)[C@H]3CN2C(=O)N3O)no1)/C(=N\C(=O)OC(C)(C)C)NC(=O)OC(C)(C)C. The number of hydrogen-bond acceptors (Lipinski definition) is 8. The normalized spacial score (nSPS) is 22.5. The molecular weight excluding hydrogens is 496 g/mol. The van der Waals surface area contributed by atoms with E-state index in [1.165, 1.54) is 0 Å². The Kier molecular flexibility index (Phi) is 7.10. The van der Waals surface area contributed by atoms with Crippen LogP contribution < -0.4 is 5.32 Å². The number of carbonyl (C=O) groups excluding carboxylic acids is 3. The minimum atomic E-state index is -0.852. The van der Waals surface area contributed by atoms with Crippen LogP contribution in [-0.4, -0.2) is 86.8 Å². The number of amides is 4. The average molecular weight is 535 g/mol. The molecule has 1 saturated carbocycles. The van der Waals surface area contributed by atoms with Gasteiger partial charge in [0.25, 0.3) is 0 Å². The summed E-state index contributed by atoms with van der Waals surface area (Å²) in [7, 11) is 1.66. The maximum atomic E-state index is 12.6. The fraction of sp³-hybridized carbons (Fsp3) is 0.720. The highest BCUT2D eigenvalue weighted by Gasteiger charge is 2.63. The van der Waals surface area contributed by atoms with Crippen molar-refractivity contribution < 1.29 is 33.6 Å². The van der Waals surface area contributed by atoms with E-state index in [9.17, 15) is 19.6 Å². The second kappa shape index (κ2) is 9.75. The summed E-state index contributed by atoms with van der Waals surface area (Å²) in [4.78, 5) is 44.5. The molecule has 2 atom stereocenters. The van der Waals surface area contributed by atoms with Gasteiger partial charge in [0.15, 0.2) is 0 Å². The van der Waals surface area contributed by atoms with Crippen LogP contribution in [0.15, 0.2) is 15.6 Å². The number of hydrogen-bond donors (Lipinski definition) is 2. The number of piperidine rings is 1. The zero-order valence-corrected chi connectivity index (χ0v) is 23.1. The topological polar surface area (TPSA) is 150 Å².